The average Bonchev–Trinajstić information content (AvgIpc) is 2.56. The van der Waals surface area contributed by atoms with Crippen LogP contribution >= 0.6 is 0 Å². The van der Waals surface area contributed by atoms with Crippen molar-refractivity contribution in [2.24, 2.45) is 5.41 Å². The van der Waals surface area contributed by atoms with Crippen molar-refractivity contribution >= 4 is 10.1 Å². The Kier molecular flexibility index (Phi) is 14.4. The third-order valence-electron chi connectivity index (χ3n) is 5.50. The highest BCUT2D eigenvalue weighted by molar-refractivity contribution is 7.89. The average molecular weight is 403 g/mol. The zero-order valence-electron chi connectivity index (χ0n) is 18.8. The molecular weight excluding hydrogens is 356 g/mol. The molecule has 0 aliphatic heterocycles. The van der Waals surface area contributed by atoms with Crippen molar-refractivity contribution < 1.29 is 13.0 Å². The third-order valence-corrected chi connectivity index (χ3v) is 6.52. The standard InChI is InChI=1S/C23H46O3S/c1-6-7-8-9-10-11-12-13-14-15-16-17-18-19-20-22(23(3,4)5)21(2)27(24,25)26/h6-20H2,1-5H3,(H,24,25,26). The summed E-state index contributed by atoms with van der Waals surface area (Å²) in [6.07, 6.45) is 19.2. The zero-order chi connectivity index (χ0) is 20.8. The first-order valence-electron chi connectivity index (χ1n) is 11.3. The Morgan fingerprint density at radius 1 is 0.704 bits per heavy atom. The van der Waals surface area contributed by atoms with Gasteiger partial charge in [0.25, 0.3) is 10.1 Å². The molecule has 0 radical (unpaired) electrons. The van der Waals surface area contributed by atoms with E-state index in [4.69, 9.17) is 0 Å². The first kappa shape index (κ1) is 26.6. The lowest BCUT2D eigenvalue weighted by atomic mass is 9.83. The minimum atomic E-state index is -4.07. The third kappa shape index (κ3) is 14.3. The van der Waals surface area contributed by atoms with Crippen molar-refractivity contribution in [2.45, 2.75) is 131 Å². The van der Waals surface area contributed by atoms with E-state index in [0.29, 0.717) is 0 Å². The lowest BCUT2D eigenvalue weighted by Gasteiger charge is -2.25. The summed E-state index contributed by atoms with van der Waals surface area (Å²) in [6.45, 7) is 9.84. The van der Waals surface area contributed by atoms with Crippen molar-refractivity contribution in [3.05, 3.63) is 10.5 Å². The Hall–Kier alpha value is -0.350. The fraction of sp³-hybridized carbons (Fsp3) is 0.913. The highest BCUT2D eigenvalue weighted by Gasteiger charge is 2.24. The van der Waals surface area contributed by atoms with Gasteiger partial charge in [-0.1, -0.05) is 111 Å². The summed E-state index contributed by atoms with van der Waals surface area (Å²) in [4.78, 5) is 0.143. The van der Waals surface area contributed by atoms with Crippen LogP contribution in [0.5, 0.6) is 0 Å². The van der Waals surface area contributed by atoms with Crippen LogP contribution < -0.4 is 0 Å². The van der Waals surface area contributed by atoms with Gasteiger partial charge in [0.05, 0.1) is 4.91 Å². The molecule has 0 saturated heterocycles. The van der Waals surface area contributed by atoms with Crippen LogP contribution in [0.15, 0.2) is 10.5 Å². The molecule has 1 N–H and O–H groups in total. The molecule has 0 aliphatic carbocycles. The molecular formula is C23H46O3S. The van der Waals surface area contributed by atoms with Crippen molar-refractivity contribution in [3.8, 4) is 0 Å². The number of rotatable bonds is 16. The van der Waals surface area contributed by atoms with E-state index in [2.05, 4.69) is 6.92 Å². The van der Waals surface area contributed by atoms with Gasteiger partial charge >= 0.3 is 0 Å². The van der Waals surface area contributed by atoms with Gasteiger partial charge in [-0.05, 0) is 30.8 Å². The predicted molar refractivity (Wildman–Crippen MR) is 119 cm³/mol. The fourth-order valence-electron chi connectivity index (χ4n) is 3.73. The molecule has 0 aromatic rings. The van der Waals surface area contributed by atoms with Crippen molar-refractivity contribution in [1.29, 1.82) is 0 Å². The van der Waals surface area contributed by atoms with E-state index in [1.54, 1.807) is 0 Å². The Bertz CT molecular complexity index is 498. The van der Waals surface area contributed by atoms with Crippen LogP contribution in [0.25, 0.3) is 0 Å². The fourth-order valence-corrected chi connectivity index (χ4v) is 4.45. The summed E-state index contributed by atoms with van der Waals surface area (Å²) in [5.74, 6) is 0. The number of hydrogen-bond donors (Lipinski definition) is 1. The molecule has 3 nitrogen and oxygen atoms in total. The van der Waals surface area contributed by atoms with Crippen LogP contribution in [0.4, 0.5) is 0 Å². The number of unbranched alkanes of at least 4 members (excludes halogenated alkanes) is 13. The quantitative estimate of drug-likeness (QED) is 0.210. The van der Waals surface area contributed by atoms with E-state index in [0.717, 1.165) is 24.8 Å². The molecule has 0 rings (SSSR count). The van der Waals surface area contributed by atoms with Crippen LogP contribution in [-0.4, -0.2) is 13.0 Å². The largest absolute Gasteiger partial charge is 0.290 e. The molecule has 0 spiro atoms. The lowest BCUT2D eigenvalue weighted by Crippen LogP contribution is -2.15. The van der Waals surface area contributed by atoms with Crippen molar-refractivity contribution in [3.63, 3.8) is 0 Å². The van der Waals surface area contributed by atoms with E-state index < -0.39 is 10.1 Å². The second-order valence-corrected chi connectivity index (χ2v) is 10.7. The molecule has 0 aromatic carbocycles. The van der Waals surface area contributed by atoms with Gasteiger partial charge in [-0.3, -0.25) is 4.55 Å². The Morgan fingerprint density at radius 3 is 1.33 bits per heavy atom. The molecule has 0 aromatic heterocycles. The van der Waals surface area contributed by atoms with Crippen LogP contribution in [-0.2, 0) is 10.1 Å². The van der Waals surface area contributed by atoms with Crippen molar-refractivity contribution in [1.82, 2.24) is 0 Å². The number of hydrogen-bond acceptors (Lipinski definition) is 2. The van der Waals surface area contributed by atoms with Crippen LogP contribution in [0.2, 0.25) is 0 Å². The highest BCUT2D eigenvalue weighted by Crippen LogP contribution is 2.34. The summed E-state index contributed by atoms with van der Waals surface area (Å²) >= 11 is 0. The molecule has 27 heavy (non-hydrogen) atoms. The van der Waals surface area contributed by atoms with Gasteiger partial charge in [0.1, 0.15) is 0 Å². The van der Waals surface area contributed by atoms with Gasteiger partial charge in [0, 0.05) is 0 Å². The molecule has 0 atom stereocenters. The smallest absolute Gasteiger partial charge is 0.282 e. The maximum Gasteiger partial charge on any atom is 0.290 e. The van der Waals surface area contributed by atoms with E-state index in [9.17, 15) is 13.0 Å². The highest BCUT2D eigenvalue weighted by atomic mass is 32.2. The molecule has 0 heterocycles. The summed E-state index contributed by atoms with van der Waals surface area (Å²) in [6, 6.07) is 0. The topological polar surface area (TPSA) is 54.4 Å². The summed E-state index contributed by atoms with van der Waals surface area (Å²) in [7, 11) is -4.07. The van der Waals surface area contributed by atoms with Crippen LogP contribution in [0.1, 0.15) is 131 Å². The molecule has 0 unspecified atom stereocenters. The Labute approximate surface area is 170 Å². The Morgan fingerprint density at radius 2 is 1.04 bits per heavy atom. The van der Waals surface area contributed by atoms with Crippen LogP contribution in [0.3, 0.4) is 0 Å². The lowest BCUT2D eigenvalue weighted by molar-refractivity contribution is 0.456. The summed E-state index contributed by atoms with van der Waals surface area (Å²) in [5.41, 5.74) is 0.639. The minimum absolute atomic E-state index is 0.143. The maximum atomic E-state index is 11.5. The minimum Gasteiger partial charge on any atom is -0.282 e. The second kappa shape index (κ2) is 14.6. The van der Waals surface area contributed by atoms with Gasteiger partial charge in [-0.25, -0.2) is 0 Å². The summed E-state index contributed by atoms with van der Waals surface area (Å²) < 4.78 is 32.3. The monoisotopic (exact) mass is 402 g/mol. The second-order valence-electron chi connectivity index (χ2n) is 9.11. The number of allylic oxidation sites excluding steroid dienone is 2. The molecule has 0 bridgehead atoms. The molecule has 0 fully saturated rings. The van der Waals surface area contributed by atoms with E-state index in [1.807, 2.05) is 20.8 Å². The van der Waals surface area contributed by atoms with E-state index >= 15 is 0 Å². The van der Waals surface area contributed by atoms with Gasteiger partial charge in [0.2, 0.25) is 0 Å². The first-order chi connectivity index (χ1) is 12.6. The van der Waals surface area contributed by atoms with Gasteiger partial charge < -0.3 is 0 Å². The SMILES string of the molecule is CCCCCCCCCCCCCCCCC(=C(C)S(=O)(=O)O)C(C)(C)C. The van der Waals surface area contributed by atoms with Crippen molar-refractivity contribution in [2.75, 3.05) is 0 Å². The molecule has 162 valence electrons. The Balaban J connectivity index is 3.79. The molecule has 4 heteroatoms. The normalized spacial score (nSPS) is 13.7. The van der Waals surface area contributed by atoms with Gasteiger partial charge in [-0.15, -0.1) is 0 Å². The molecule has 0 saturated carbocycles. The van der Waals surface area contributed by atoms with Crippen LogP contribution in [0, 0.1) is 5.41 Å². The predicted octanol–water partition coefficient (Wildman–Crippen LogP) is 8.07. The first-order valence-corrected chi connectivity index (χ1v) is 12.7. The maximum absolute atomic E-state index is 11.5. The van der Waals surface area contributed by atoms with E-state index in [1.165, 1.54) is 84.0 Å². The van der Waals surface area contributed by atoms with Gasteiger partial charge in [-0.2, -0.15) is 8.42 Å². The molecule has 0 aliphatic rings. The van der Waals surface area contributed by atoms with E-state index in [-0.39, 0.29) is 10.3 Å². The van der Waals surface area contributed by atoms with Gasteiger partial charge in [0.15, 0.2) is 0 Å². The zero-order valence-corrected chi connectivity index (χ0v) is 19.6. The summed E-state index contributed by atoms with van der Waals surface area (Å²) in [5, 5.41) is 0. The molecule has 0 amide bonds.